The number of aliphatic carboxylic acids is 2. The molecule has 4 heteroatoms. The molecule has 0 bridgehead atoms. The molecule has 1 rings (SSSR count). The minimum Gasteiger partial charge on any atom is -0.481 e. The van der Waals surface area contributed by atoms with Gasteiger partial charge in [-0.25, -0.2) is 0 Å². The second-order valence-electron chi connectivity index (χ2n) is 3.76. The molecule has 13 heavy (non-hydrogen) atoms. The maximum Gasteiger partial charge on any atom is 0.306 e. The van der Waals surface area contributed by atoms with Crippen molar-refractivity contribution >= 4 is 11.9 Å². The Balaban J connectivity index is 2.65. The third-order valence-electron chi connectivity index (χ3n) is 2.91. The summed E-state index contributed by atoms with van der Waals surface area (Å²) in [4.78, 5) is 21.2. The number of carboxylic acids is 2. The summed E-state index contributed by atoms with van der Waals surface area (Å²) in [6.45, 7) is 1.93. The van der Waals surface area contributed by atoms with E-state index in [9.17, 15) is 9.59 Å². The van der Waals surface area contributed by atoms with E-state index in [0.717, 1.165) is 6.42 Å². The van der Waals surface area contributed by atoms with Gasteiger partial charge in [0.15, 0.2) is 0 Å². The van der Waals surface area contributed by atoms with Gasteiger partial charge >= 0.3 is 11.9 Å². The van der Waals surface area contributed by atoms with Gasteiger partial charge in [0.2, 0.25) is 0 Å². The first-order valence-electron chi connectivity index (χ1n) is 4.47. The second-order valence-corrected chi connectivity index (χ2v) is 3.76. The summed E-state index contributed by atoms with van der Waals surface area (Å²) in [6.07, 6.45) is 1.43. The molecule has 0 radical (unpaired) electrons. The van der Waals surface area contributed by atoms with E-state index in [4.69, 9.17) is 10.2 Å². The zero-order chi connectivity index (χ0) is 10.0. The van der Waals surface area contributed by atoms with Crippen LogP contribution >= 0.6 is 0 Å². The minimum absolute atomic E-state index is 0.0157. The summed E-state index contributed by atoms with van der Waals surface area (Å²) >= 11 is 0. The lowest BCUT2D eigenvalue weighted by Crippen LogP contribution is -2.23. The number of carbonyl (C=O) groups is 2. The smallest absolute Gasteiger partial charge is 0.306 e. The van der Waals surface area contributed by atoms with Crippen LogP contribution in [0.3, 0.4) is 0 Å². The molecule has 1 aliphatic rings. The molecule has 0 aromatic heterocycles. The van der Waals surface area contributed by atoms with Gasteiger partial charge in [-0.2, -0.15) is 0 Å². The average Bonchev–Trinajstić information content (AvgIpc) is 2.32. The maximum atomic E-state index is 10.7. The highest BCUT2D eigenvalue weighted by Gasteiger charge is 2.38. The zero-order valence-corrected chi connectivity index (χ0v) is 7.56. The van der Waals surface area contributed by atoms with Crippen molar-refractivity contribution in [1.82, 2.24) is 0 Å². The fraction of sp³-hybridized carbons (Fsp3) is 0.778. The largest absolute Gasteiger partial charge is 0.481 e. The quantitative estimate of drug-likeness (QED) is 0.694. The molecule has 4 nitrogen and oxygen atoms in total. The maximum absolute atomic E-state index is 10.7. The third kappa shape index (κ3) is 2.20. The Morgan fingerprint density at radius 3 is 2.38 bits per heavy atom. The van der Waals surface area contributed by atoms with E-state index in [1.807, 2.05) is 6.92 Å². The Labute approximate surface area is 76.6 Å². The Morgan fingerprint density at radius 1 is 1.31 bits per heavy atom. The van der Waals surface area contributed by atoms with Crippen molar-refractivity contribution in [2.45, 2.75) is 26.2 Å². The Bertz CT molecular complexity index is 224. The topological polar surface area (TPSA) is 74.6 Å². The molecule has 2 N–H and O–H groups in total. The first-order valence-corrected chi connectivity index (χ1v) is 4.47. The SMILES string of the molecule is CC1CCC(C(=O)O)C1CC(=O)O. The molecule has 1 fully saturated rings. The van der Waals surface area contributed by atoms with E-state index in [1.54, 1.807) is 0 Å². The Kier molecular flexibility index (Phi) is 2.90. The molecule has 0 heterocycles. The fourth-order valence-electron chi connectivity index (χ4n) is 2.12. The summed E-state index contributed by atoms with van der Waals surface area (Å²) in [5.74, 6) is -2.17. The van der Waals surface area contributed by atoms with E-state index in [1.165, 1.54) is 0 Å². The molecule has 0 aromatic carbocycles. The number of hydrogen-bond acceptors (Lipinski definition) is 2. The van der Waals surface area contributed by atoms with Crippen LogP contribution in [-0.4, -0.2) is 22.2 Å². The van der Waals surface area contributed by atoms with Crippen molar-refractivity contribution in [3.63, 3.8) is 0 Å². The van der Waals surface area contributed by atoms with E-state index < -0.39 is 17.9 Å². The first kappa shape index (κ1) is 10.0. The Morgan fingerprint density at radius 2 is 1.92 bits per heavy atom. The molecule has 3 unspecified atom stereocenters. The number of carboxylic acid groups (broad SMARTS) is 2. The van der Waals surface area contributed by atoms with Crippen LogP contribution in [0.4, 0.5) is 0 Å². The molecular weight excluding hydrogens is 172 g/mol. The molecule has 74 valence electrons. The van der Waals surface area contributed by atoms with Crippen molar-refractivity contribution in [3.8, 4) is 0 Å². The molecule has 0 amide bonds. The van der Waals surface area contributed by atoms with Crippen molar-refractivity contribution in [1.29, 1.82) is 0 Å². The van der Waals surface area contributed by atoms with E-state index in [0.29, 0.717) is 6.42 Å². The molecule has 0 aliphatic heterocycles. The Hall–Kier alpha value is -1.06. The highest BCUT2D eigenvalue weighted by Crippen LogP contribution is 2.38. The molecule has 1 saturated carbocycles. The van der Waals surface area contributed by atoms with Crippen molar-refractivity contribution < 1.29 is 19.8 Å². The van der Waals surface area contributed by atoms with Crippen molar-refractivity contribution in [2.24, 2.45) is 17.8 Å². The van der Waals surface area contributed by atoms with Gasteiger partial charge in [-0.1, -0.05) is 6.92 Å². The van der Waals surface area contributed by atoms with Crippen LogP contribution in [-0.2, 0) is 9.59 Å². The number of hydrogen-bond donors (Lipinski definition) is 2. The minimum atomic E-state index is -0.898. The van der Waals surface area contributed by atoms with Crippen LogP contribution in [0.25, 0.3) is 0 Å². The third-order valence-corrected chi connectivity index (χ3v) is 2.91. The lowest BCUT2D eigenvalue weighted by Gasteiger charge is -2.17. The monoisotopic (exact) mass is 186 g/mol. The van der Waals surface area contributed by atoms with Gasteiger partial charge in [-0.05, 0) is 24.7 Å². The van der Waals surface area contributed by atoms with Gasteiger partial charge in [0, 0.05) is 6.42 Å². The van der Waals surface area contributed by atoms with Gasteiger partial charge in [0.05, 0.1) is 5.92 Å². The molecule has 0 saturated heterocycles. The summed E-state index contributed by atoms with van der Waals surface area (Å²) < 4.78 is 0. The molecule has 0 aromatic rings. The molecule has 0 spiro atoms. The highest BCUT2D eigenvalue weighted by molar-refractivity contribution is 5.73. The van der Waals surface area contributed by atoms with Crippen LogP contribution in [0, 0.1) is 17.8 Å². The highest BCUT2D eigenvalue weighted by atomic mass is 16.4. The van der Waals surface area contributed by atoms with Crippen LogP contribution in [0.5, 0.6) is 0 Å². The summed E-state index contributed by atoms with van der Waals surface area (Å²) in [5.41, 5.74) is 0. The van der Waals surface area contributed by atoms with Crippen LogP contribution in [0.2, 0.25) is 0 Å². The predicted molar refractivity (Wildman–Crippen MR) is 45.3 cm³/mol. The first-order chi connectivity index (χ1) is 6.02. The van der Waals surface area contributed by atoms with Gasteiger partial charge in [-0.15, -0.1) is 0 Å². The van der Waals surface area contributed by atoms with Gasteiger partial charge in [0.1, 0.15) is 0 Å². The summed E-state index contributed by atoms with van der Waals surface area (Å²) in [5, 5.41) is 17.4. The average molecular weight is 186 g/mol. The molecular formula is C9H14O4. The fourth-order valence-corrected chi connectivity index (χ4v) is 2.12. The molecule has 3 atom stereocenters. The van der Waals surface area contributed by atoms with Gasteiger partial charge in [-0.3, -0.25) is 9.59 Å². The van der Waals surface area contributed by atoms with Gasteiger partial charge in [0.25, 0.3) is 0 Å². The number of rotatable bonds is 3. The van der Waals surface area contributed by atoms with Crippen LogP contribution in [0.1, 0.15) is 26.2 Å². The van der Waals surface area contributed by atoms with Crippen molar-refractivity contribution in [3.05, 3.63) is 0 Å². The zero-order valence-electron chi connectivity index (χ0n) is 7.56. The van der Waals surface area contributed by atoms with Gasteiger partial charge < -0.3 is 10.2 Å². The summed E-state index contributed by atoms with van der Waals surface area (Å²) in [6, 6.07) is 0. The van der Waals surface area contributed by atoms with E-state index in [-0.39, 0.29) is 18.3 Å². The second kappa shape index (κ2) is 3.77. The van der Waals surface area contributed by atoms with Crippen LogP contribution in [0.15, 0.2) is 0 Å². The summed E-state index contributed by atoms with van der Waals surface area (Å²) in [7, 11) is 0. The standard InChI is InChI=1S/C9H14O4/c1-5-2-3-6(9(12)13)7(5)4-8(10)11/h5-7H,2-4H2,1H3,(H,10,11)(H,12,13). The van der Waals surface area contributed by atoms with E-state index in [2.05, 4.69) is 0 Å². The predicted octanol–water partition coefficient (Wildman–Crippen LogP) is 1.21. The normalized spacial score (nSPS) is 33.2. The lowest BCUT2D eigenvalue weighted by atomic mass is 9.87. The van der Waals surface area contributed by atoms with Crippen LogP contribution < -0.4 is 0 Å². The van der Waals surface area contributed by atoms with E-state index >= 15 is 0 Å². The lowest BCUT2D eigenvalue weighted by molar-refractivity contribution is -0.145. The van der Waals surface area contributed by atoms with Crippen molar-refractivity contribution in [2.75, 3.05) is 0 Å². The molecule has 1 aliphatic carbocycles.